The Kier molecular flexibility index (Phi) is 4.42. The minimum Gasteiger partial charge on any atom is -0.379 e. The fraction of sp³-hybridized carbons (Fsp3) is 0.438. The minimum absolute atomic E-state index is 0.0917. The Morgan fingerprint density at radius 3 is 2.91 bits per heavy atom. The van der Waals surface area contributed by atoms with Crippen molar-refractivity contribution in [2.45, 2.75) is 19.4 Å². The van der Waals surface area contributed by atoms with E-state index in [1.165, 1.54) is 5.56 Å². The average Bonchev–Trinajstić information content (AvgIpc) is 2.94. The van der Waals surface area contributed by atoms with Gasteiger partial charge in [-0.05, 0) is 31.0 Å². The van der Waals surface area contributed by atoms with Crippen molar-refractivity contribution in [3.63, 3.8) is 0 Å². The van der Waals surface area contributed by atoms with E-state index in [2.05, 4.69) is 15.8 Å². The molecular weight excluding hydrogens is 300 g/mol. The molecule has 0 unspecified atom stereocenters. The first kappa shape index (κ1) is 15.4. The number of pyridine rings is 1. The van der Waals surface area contributed by atoms with Crippen LogP contribution in [0.1, 0.15) is 12.5 Å². The highest BCUT2D eigenvalue weighted by Crippen LogP contribution is 2.24. The first-order valence-electron chi connectivity index (χ1n) is 7.49. The van der Waals surface area contributed by atoms with Gasteiger partial charge >= 0.3 is 0 Å². The van der Waals surface area contributed by atoms with E-state index in [1.54, 1.807) is 13.1 Å². The molecule has 0 amide bonds. The quantitative estimate of drug-likeness (QED) is 0.911. The van der Waals surface area contributed by atoms with E-state index in [-0.39, 0.29) is 17.7 Å². The third kappa shape index (κ3) is 3.29. The summed E-state index contributed by atoms with van der Waals surface area (Å²) in [4.78, 5) is 4.37. The van der Waals surface area contributed by atoms with Crippen LogP contribution in [-0.2, 0) is 21.2 Å². The lowest BCUT2D eigenvalue weighted by atomic mass is 9.93. The molecule has 0 saturated carbocycles. The van der Waals surface area contributed by atoms with Crippen molar-refractivity contribution < 1.29 is 13.2 Å². The summed E-state index contributed by atoms with van der Waals surface area (Å²) in [5, 5.41) is 1.12. The Hall–Kier alpha value is -1.50. The van der Waals surface area contributed by atoms with E-state index >= 15 is 0 Å². The lowest BCUT2D eigenvalue weighted by Crippen LogP contribution is -2.41. The number of sulfonamides is 1. The lowest BCUT2D eigenvalue weighted by Gasteiger charge is -2.19. The zero-order chi connectivity index (χ0) is 15.6. The number of nitrogens with one attached hydrogen (secondary N) is 1. The maximum atomic E-state index is 11.8. The monoisotopic (exact) mass is 320 g/mol. The van der Waals surface area contributed by atoms with Gasteiger partial charge in [0.1, 0.15) is 0 Å². The molecule has 1 aromatic carbocycles. The van der Waals surface area contributed by atoms with Crippen molar-refractivity contribution in [3.8, 4) is 0 Å². The largest absolute Gasteiger partial charge is 0.379 e. The van der Waals surface area contributed by atoms with Crippen LogP contribution in [0.3, 0.4) is 0 Å². The van der Waals surface area contributed by atoms with Crippen molar-refractivity contribution in [2.75, 3.05) is 19.0 Å². The molecule has 1 aliphatic rings. The third-order valence-corrected chi connectivity index (χ3v) is 5.55. The number of rotatable bonds is 5. The van der Waals surface area contributed by atoms with E-state index in [1.807, 2.05) is 24.3 Å². The Bertz CT molecular complexity index is 756. The predicted molar refractivity (Wildman–Crippen MR) is 86.1 cm³/mol. The summed E-state index contributed by atoms with van der Waals surface area (Å²) in [6.45, 7) is 2.66. The summed E-state index contributed by atoms with van der Waals surface area (Å²) in [7, 11) is -3.21. The molecule has 6 heteroatoms. The lowest BCUT2D eigenvalue weighted by molar-refractivity contribution is 0.183. The van der Waals surface area contributed by atoms with Crippen molar-refractivity contribution >= 4 is 20.9 Å². The molecule has 1 N–H and O–H groups in total. The highest BCUT2D eigenvalue weighted by atomic mass is 32.2. The molecule has 3 rings (SSSR count). The molecule has 0 bridgehead atoms. The Balaban J connectivity index is 1.82. The number of fused-ring (bicyclic) bond motifs is 1. The molecule has 1 aromatic heterocycles. The topological polar surface area (TPSA) is 68.3 Å². The fourth-order valence-corrected chi connectivity index (χ4v) is 3.75. The van der Waals surface area contributed by atoms with E-state index in [0.29, 0.717) is 13.2 Å². The number of nitrogens with zero attached hydrogens (tertiary/aromatic N) is 1. The van der Waals surface area contributed by atoms with Crippen LogP contribution in [0.15, 0.2) is 36.5 Å². The molecule has 2 atom stereocenters. The van der Waals surface area contributed by atoms with Gasteiger partial charge in [0.05, 0.1) is 30.5 Å². The van der Waals surface area contributed by atoms with Crippen LogP contribution < -0.4 is 4.72 Å². The summed E-state index contributed by atoms with van der Waals surface area (Å²) in [5.74, 6) is 0.237. The van der Waals surface area contributed by atoms with Crippen molar-refractivity contribution in [3.05, 3.63) is 42.1 Å². The second-order valence-electron chi connectivity index (χ2n) is 5.62. The molecule has 1 saturated heterocycles. The van der Waals surface area contributed by atoms with Gasteiger partial charge < -0.3 is 4.74 Å². The van der Waals surface area contributed by atoms with Crippen molar-refractivity contribution in [1.82, 2.24) is 9.71 Å². The van der Waals surface area contributed by atoms with E-state index in [0.717, 1.165) is 17.3 Å². The first-order chi connectivity index (χ1) is 10.6. The van der Waals surface area contributed by atoms with Gasteiger partial charge in [-0.15, -0.1) is 0 Å². The molecule has 118 valence electrons. The first-order valence-corrected chi connectivity index (χ1v) is 9.14. The number of benzene rings is 1. The molecule has 22 heavy (non-hydrogen) atoms. The molecule has 1 fully saturated rings. The normalized spacial score (nSPS) is 22.2. The summed E-state index contributed by atoms with van der Waals surface area (Å²) < 4.78 is 31.8. The summed E-state index contributed by atoms with van der Waals surface area (Å²) in [6, 6.07) is 9.86. The second-order valence-corrected chi connectivity index (χ2v) is 7.66. The number of ether oxygens (including phenoxy) is 1. The van der Waals surface area contributed by atoms with Gasteiger partial charge in [-0.3, -0.25) is 4.98 Å². The molecule has 2 heterocycles. The van der Waals surface area contributed by atoms with Crippen LogP contribution in [0.2, 0.25) is 0 Å². The van der Waals surface area contributed by atoms with E-state index in [9.17, 15) is 8.42 Å². The third-order valence-electron chi connectivity index (χ3n) is 4.13. The van der Waals surface area contributed by atoms with E-state index < -0.39 is 10.0 Å². The molecule has 0 aliphatic carbocycles. The van der Waals surface area contributed by atoms with Crippen LogP contribution in [-0.4, -0.2) is 38.4 Å². The van der Waals surface area contributed by atoms with Gasteiger partial charge in [0.2, 0.25) is 10.0 Å². The number of aromatic nitrogens is 1. The van der Waals surface area contributed by atoms with Crippen LogP contribution in [0.25, 0.3) is 10.9 Å². The Morgan fingerprint density at radius 2 is 2.09 bits per heavy atom. The highest BCUT2D eigenvalue weighted by molar-refractivity contribution is 7.89. The molecule has 5 nitrogen and oxygen atoms in total. The predicted octanol–water partition coefficient (Wildman–Crippen LogP) is 1.73. The van der Waals surface area contributed by atoms with Crippen LogP contribution in [0.5, 0.6) is 0 Å². The van der Waals surface area contributed by atoms with Crippen LogP contribution in [0.4, 0.5) is 0 Å². The molecule has 0 spiro atoms. The molecule has 1 aliphatic heterocycles. The maximum Gasteiger partial charge on any atom is 0.211 e. The standard InChI is InChI=1S/C16H20N2O3S/c1-2-22(19,20)18-16-11-21-10-13(16)9-12-7-8-17-15-6-4-3-5-14(12)15/h3-8,13,16,18H,2,9-11H2,1H3/t13-,16+/m1/s1. The number of hydrogen-bond acceptors (Lipinski definition) is 4. The smallest absolute Gasteiger partial charge is 0.211 e. The summed E-state index contributed by atoms with van der Waals surface area (Å²) in [6.07, 6.45) is 2.58. The van der Waals surface area contributed by atoms with Gasteiger partial charge in [0.15, 0.2) is 0 Å². The summed E-state index contributed by atoms with van der Waals surface area (Å²) in [5.41, 5.74) is 2.14. The van der Waals surface area contributed by atoms with Crippen LogP contribution >= 0.6 is 0 Å². The van der Waals surface area contributed by atoms with Gasteiger partial charge in [-0.1, -0.05) is 18.2 Å². The molecule has 0 radical (unpaired) electrons. The maximum absolute atomic E-state index is 11.8. The zero-order valence-corrected chi connectivity index (χ0v) is 13.3. The van der Waals surface area contributed by atoms with Crippen molar-refractivity contribution in [2.24, 2.45) is 5.92 Å². The zero-order valence-electron chi connectivity index (χ0n) is 12.5. The average molecular weight is 320 g/mol. The van der Waals surface area contributed by atoms with E-state index in [4.69, 9.17) is 4.74 Å². The molecular formula is C16H20N2O3S. The van der Waals surface area contributed by atoms with Gasteiger partial charge in [0, 0.05) is 17.5 Å². The van der Waals surface area contributed by atoms with Crippen LogP contribution in [0, 0.1) is 5.92 Å². The molecule has 2 aromatic rings. The van der Waals surface area contributed by atoms with Gasteiger partial charge in [-0.2, -0.15) is 0 Å². The number of para-hydroxylation sites is 1. The van der Waals surface area contributed by atoms with Gasteiger partial charge in [-0.25, -0.2) is 13.1 Å². The second kappa shape index (κ2) is 6.32. The van der Waals surface area contributed by atoms with Crippen molar-refractivity contribution in [1.29, 1.82) is 0 Å². The van der Waals surface area contributed by atoms with Gasteiger partial charge in [0.25, 0.3) is 0 Å². The summed E-state index contributed by atoms with van der Waals surface area (Å²) >= 11 is 0. The SMILES string of the molecule is CCS(=O)(=O)N[C@H]1COC[C@H]1Cc1ccnc2ccccc12. The number of hydrogen-bond donors (Lipinski definition) is 1. The fourth-order valence-electron chi connectivity index (χ4n) is 2.86. The highest BCUT2D eigenvalue weighted by Gasteiger charge is 2.31. The Labute approximate surface area is 130 Å². The Morgan fingerprint density at radius 1 is 1.27 bits per heavy atom. The minimum atomic E-state index is -3.21.